The van der Waals surface area contributed by atoms with Gasteiger partial charge < -0.3 is 35.3 Å². The third-order valence-corrected chi connectivity index (χ3v) is 6.41. The van der Waals surface area contributed by atoms with Gasteiger partial charge in [-0.15, -0.1) is 0 Å². The van der Waals surface area contributed by atoms with Gasteiger partial charge in [-0.3, -0.25) is 4.79 Å². The number of anilines is 4. The van der Waals surface area contributed by atoms with Crippen LogP contribution in [0.4, 0.5) is 23.0 Å². The second kappa shape index (κ2) is 13.9. The first-order valence-corrected chi connectivity index (χ1v) is 13.3. The molecule has 1 amide bonds. The van der Waals surface area contributed by atoms with Crippen LogP contribution < -0.4 is 25.0 Å². The number of ether oxygens (including phenoxy) is 2. The highest BCUT2D eigenvalue weighted by Crippen LogP contribution is 2.38. The number of hydrogen-bond acceptors (Lipinski definition) is 9. The van der Waals surface area contributed by atoms with Crippen LogP contribution in [-0.2, 0) is 4.79 Å². The Labute approximate surface area is 246 Å². The van der Waals surface area contributed by atoms with Gasteiger partial charge >= 0.3 is 0 Å². The van der Waals surface area contributed by atoms with Crippen molar-refractivity contribution in [1.82, 2.24) is 14.9 Å². The second-order valence-corrected chi connectivity index (χ2v) is 9.66. The zero-order valence-electron chi connectivity index (χ0n) is 24.2. The largest absolute Gasteiger partial charge is 0.494 e. The molecule has 3 aromatic carbocycles. The van der Waals surface area contributed by atoms with Crippen molar-refractivity contribution in [2.75, 3.05) is 56.9 Å². The van der Waals surface area contributed by atoms with E-state index in [1.165, 1.54) is 12.3 Å². The molecule has 216 valence electrons. The van der Waals surface area contributed by atoms with E-state index >= 15 is 0 Å². The topological polar surface area (TPSA) is 116 Å². The van der Waals surface area contributed by atoms with Crippen LogP contribution in [0.15, 0.2) is 85.6 Å². The Morgan fingerprint density at radius 1 is 0.976 bits per heavy atom. The second-order valence-electron chi connectivity index (χ2n) is 9.66. The lowest BCUT2D eigenvalue weighted by atomic mass is 10.1. The van der Waals surface area contributed by atoms with Gasteiger partial charge in [-0.05, 0) is 56.6 Å². The van der Waals surface area contributed by atoms with E-state index in [1.54, 1.807) is 25.4 Å². The summed E-state index contributed by atoms with van der Waals surface area (Å²) in [6.07, 6.45) is 4.14. The van der Waals surface area contributed by atoms with E-state index in [9.17, 15) is 4.79 Å². The summed E-state index contributed by atoms with van der Waals surface area (Å²) >= 11 is 0. The van der Waals surface area contributed by atoms with Crippen LogP contribution in [0.5, 0.6) is 17.2 Å². The number of nitrogens with one attached hydrogen (secondary N) is 3. The summed E-state index contributed by atoms with van der Waals surface area (Å²) in [5, 5.41) is 13.8. The minimum atomic E-state index is -0.326. The summed E-state index contributed by atoms with van der Waals surface area (Å²) in [6, 6.07) is 20.4. The summed E-state index contributed by atoms with van der Waals surface area (Å²) in [5.41, 5.74) is 4.01. The minimum absolute atomic E-state index is 0.326. The van der Waals surface area contributed by atoms with Crippen molar-refractivity contribution < 1.29 is 14.3 Å². The highest BCUT2D eigenvalue weighted by Gasteiger charge is 2.17. The summed E-state index contributed by atoms with van der Waals surface area (Å²) in [4.78, 5) is 25.6. The third-order valence-electron chi connectivity index (χ3n) is 6.41. The van der Waals surface area contributed by atoms with Gasteiger partial charge in [0, 0.05) is 49.7 Å². The van der Waals surface area contributed by atoms with Gasteiger partial charge in [-0.2, -0.15) is 0 Å². The Bertz CT molecular complexity index is 1570. The molecule has 0 unspecified atom stereocenters. The SMILES string of the molecule is C=CC(=O)Nc1cc(Nc2nccc(-c3ccccc3Oc3ccccc3C=N)n2)c(OC)cc1N(C)CCN(C)C. The van der Waals surface area contributed by atoms with Gasteiger partial charge in [0.25, 0.3) is 0 Å². The molecule has 0 spiro atoms. The molecule has 1 heterocycles. The van der Waals surface area contributed by atoms with Crippen LogP contribution in [-0.4, -0.2) is 68.3 Å². The van der Waals surface area contributed by atoms with Crippen LogP contribution in [0, 0.1) is 5.41 Å². The van der Waals surface area contributed by atoms with Crippen molar-refractivity contribution in [2.24, 2.45) is 0 Å². The first-order valence-electron chi connectivity index (χ1n) is 13.3. The fraction of sp³-hybridized carbons (Fsp3) is 0.188. The minimum Gasteiger partial charge on any atom is -0.494 e. The summed E-state index contributed by atoms with van der Waals surface area (Å²) < 4.78 is 11.9. The molecule has 10 nitrogen and oxygen atoms in total. The van der Waals surface area contributed by atoms with Gasteiger partial charge in [0.1, 0.15) is 17.2 Å². The average Bonchev–Trinajstić information content (AvgIpc) is 3.00. The first-order chi connectivity index (χ1) is 20.3. The summed E-state index contributed by atoms with van der Waals surface area (Å²) in [6.45, 7) is 5.14. The number of carbonyl (C=O) groups excluding carboxylic acids is 1. The number of hydrogen-bond donors (Lipinski definition) is 3. The Morgan fingerprint density at radius 2 is 1.71 bits per heavy atom. The van der Waals surface area contributed by atoms with Gasteiger partial charge in [0.2, 0.25) is 11.9 Å². The molecule has 10 heteroatoms. The van der Waals surface area contributed by atoms with Crippen molar-refractivity contribution in [3.05, 3.63) is 91.1 Å². The molecular formula is C32H35N7O3. The number of benzene rings is 3. The predicted octanol–water partition coefficient (Wildman–Crippen LogP) is 5.81. The maximum Gasteiger partial charge on any atom is 0.247 e. The molecule has 4 rings (SSSR count). The third kappa shape index (κ3) is 7.29. The number of amides is 1. The van der Waals surface area contributed by atoms with Crippen molar-refractivity contribution in [1.29, 1.82) is 5.41 Å². The predicted molar refractivity (Wildman–Crippen MR) is 169 cm³/mol. The number of nitrogens with zero attached hydrogens (tertiary/aromatic N) is 4. The standard InChI is InChI=1S/C32H35N7O3/c1-6-31(40)35-25-19-26(30(41-5)20-27(25)39(4)18-17-38(2)3)37-32-34-16-15-24(36-32)23-12-8-10-14-29(23)42-28-13-9-7-11-22(28)21-33/h6-16,19-21,33H,1,17-18H2,2-5H3,(H,35,40)(H,34,36,37). The maximum absolute atomic E-state index is 12.3. The van der Waals surface area contributed by atoms with Crippen LogP contribution in [0.2, 0.25) is 0 Å². The molecule has 3 N–H and O–H groups in total. The van der Waals surface area contributed by atoms with E-state index < -0.39 is 0 Å². The van der Waals surface area contributed by atoms with Crippen LogP contribution in [0.3, 0.4) is 0 Å². The Hall–Kier alpha value is -5.22. The number of likely N-dealkylation sites (N-methyl/N-ethyl adjacent to an activating group) is 2. The van der Waals surface area contributed by atoms with Gasteiger partial charge in [0.05, 0.1) is 29.9 Å². The van der Waals surface area contributed by atoms with E-state index in [4.69, 9.17) is 19.9 Å². The molecule has 0 aliphatic carbocycles. The summed E-state index contributed by atoms with van der Waals surface area (Å²) in [7, 11) is 7.57. The molecule has 0 bridgehead atoms. The van der Waals surface area contributed by atoms with Crippen molar-refractivity contribution in [3.63, 3.8) is 0 Å². The molecule has 0 atom stereocenters. The maximum atomic E-state index is 12.3. The first kappa shape index (κ1) is 29.8. The average molecular weight is 566 g/mol. The normalized spacial score (nSPS) is 10.6. The molecule has 0 fully saturated rings. The number of rotatable bonds is 13. The van der Waals surface area contributed by atoms with Crippen LogP contribution in [0.1, 0.15) is 5.56 Å². The molecule has 42 heavy (non-hydrogen) atoms. The van der Waals surface area contributed by atoms with E-state index in [0.29, 0.717) is 45.8 Å². The lowest BCUT2D eigenvalue weighted by Crippen LogP contribution is -2.29. The molecule has 1 aromatic heterocycles. The monoisotopic (exact) mass is 565 g/mol. The molecule has 0 saturated carbocycles. The molecule has 4 aromatic rings. The van der Waals surface area contributed by atoms with Gasteiger partial charge in [-0.1, -0.05) is 30.8 Å². The zero-order chi connectivity index (χ0) is 30.1. The van der Waals surface area contributed by atoms with Crippen LogP contribution >= 0.6 is 0 Å². The highest BCUT2D eigenvalue weighted by atomic mass is 16.5. The van der Waals surface area contributed by atoms with Crippen molar-refractivity contribution >= 4 is 35.1 Å². The van der Waals surface area contributed by atoms with E-state index in [-0.39, 0.29) is 5.91 Å². The molecule has 0 radical (unpaired) electrons. The molecule has 0 saturated heterocycles. The fourth-order valence-electron chi connectivity index (χ4n) is 4.17. The Kier molecular flexibility index (Phi) is 9.85. The zero-order valence-corrected chi connectivity index (χ0v) is 24.2. The summed E-state index contributed by atoms with van der Waals surface area (Å²) in [5.74, 6) is 1.72. The molecule has 0 aliphatic heterocycles. The lowest BCUT2D eigenvalue weighted by molar-refractivity contribution is -0.111. The smallest absolute Gasteiger partial charge is 0.247 e. The van der Waals surface area contributed by atoms with Gasteiger partial charge in [0.15, 0.2) is 0 Å². The van der Waals surface area contributed by atoms with Crippen molar-refractivity contribution in [2.45, 2.75) is 0 Å². The van der Waals surface area contributed by atoms with E-state index in [0.717, 1.165) is 24.3 Å². The molecular weight excluding hydrogens is 530 g/mol. The Morgan fingerprint density at radius 3 is 2.43 bits per heavy atom. The number of para-hydroxylation sites is 2. The lowest BCUT2D eigenvalue weighted by Gasteiger charge is -2.26. The van der Waals surface area contributed by atoms with E-state index in [1.807, 2.05) is 75.7 Å². The number of aromatic nitrogens is 2. The quantitative estimate of drug-likeness (QED) is 0.137. The highest BCUT2D eigenvalue weighted by molar-refractivity contribution is 6.02. The van der Waals surface area contributed by atoms with E-state index in [2.05, 4.69) is 32.0 Å². The Balaban J connectivity index is 1.68. The van der Waals surface area contributed by atoms with Crippen molar-refractivity contribution in [3.8, 4) is 28.5 Å². The van der Waals surface area contributed by atoms with Crippen LogP contribution in [0.25, 0.3) is 11.3 Å². The number of carbonyl (C=O) groups is 1. The number of methoxy groups -OCH3 is 1. The fourth-order valence-corrected chi connectivity index (χ4v) is 4.17. The molecule has 0 aliphatic rings. The van der Waals surface area contributed by atoms with Gasteiger partial charge in [-0.25, -0.2) is 9.97 Å².